The van der Waals surface area contributed by atoms with Crippen LogP contribution in [0.2, 0.25) is 0 Å². The maximum absolute atomic E-state index is 5.94. The molecule has 0 amide bonds. The molecule has 1 aliphatic carbocycles. The quantitative estimate of drug-likeness (QED) is 0.852. The second-order valence-corrected chi connectivity index (χ2v) is 5.48. The van der Waals surface area contributed by atoms with Crippen LogP contribution in [-0.2, 0) is 0 Å². The van der Waals surface area contributed by atoms with Crippen LogP contribution in [0.3, 0.4) is 0 Å². The third-order valence-corrected chi connectivity index (χ3v) is 4.14. The number of rotatable bonds is 4. The Kier molecular flexibility index (Phi) is 4.45. The third-order valence-electron chi connectivity index (χ3n) is 4.14. The number of hydrogen-bond acceptors (Lipinski definition) is 3. The molecular formula is C15H25N3. The van der Waals surface area contributed by atoms with Crippen LogP contribution >= 0.6 is 0 Å². The van der Waals surface area contributed by atoms with Gasteiger partial charge < -0.3 is 11.1 Å². The Labute approximate surface area is 110 Å². The number of nitrogens with two attached hydrogens (primary N) is 1. The summed E-state index contributed by atoms with van der Waals surface area (Å²) in [6.45, 7) is 4.24. The Morgan fingerprint density at radius 2 is 2.11 bits per heavy atom. The Morgan fingerprint density at radius 1 is 1.39 bits per heavy atom. The number of pyridine rings is 1. The van der Waals surface area contributed by atoms with Gasteiger partial charge in [-0.25, -0.2) is 4.98 Å². The van der Waals surface area contributed by atoms with E-state index in [4.69, 9.17) is 5.73 Å². The number of hydrogen-bond donors (Lipinski definition) is 2. The lowest BCUT2D eigenvalue weighted by Crippen LogP contribution is -2.30. The van der Waals surface area contributed by atoms with Crippen molar-refractivity contribution in [1.82, 2.24) is 4.98 Å². The van der Waals surface area contributed by atoms with Gasteiger partial charge >= 0.3 is 0 Å². The summed E-state index contributed by atoms with van der Waals surface area (Å²) in [7, 11) is 0. The molecule has 2 rings (SSSR count). The highest BCUT2D eigenvalue weighted by molar-refractivity contribution is 5.53. The van der Waals surface area contributed by atoms with Crippen molar-refractivity contribution in [3.63, 3.8) is 0 Å². The monoisotopic (exact) mass is 247 g/mol. The normalized spacial score (nSPS) is 18.6. The number of aromatic nitrogens is 1. The van der Waals surface area contributed by atoms with Gasteiger partial charge in [0.05, 0.1) is 0 Å². The smallest absolute Gasteiger partial charge is 0.128 e. The fraction of sp³-hybridized carbons (Fsp3) is 0.667. The van der Waals surface area contributed by atoms with Gasteiger partial charge in [0, 0.05) is 24.0 Å². The molecule has 0 aromatic carbocycles. The molecule has 1 aromatic heterocycles. The minimum Gasteiger partial charge on any atom is -0.398 e. The summed E-state index contributed by atoms with van der Waals surface area (Å²) in [6, 6.07) is 2.50. The van der Waals surface area contributed by atoms with E-state index in [0.29, 0.717) is 6.04 Å². The summed E-state index contributed by atoms with van der Waals surface area (Å²) >= 11 is 0. The lowest BCUT2D eigenvalue weighted by Gasteiger charge is -2.30. The molecule has 1 aliphatic rings. The van der Waals surface area contributed by atoms with Crippen molar-refractivity contribution in [2.45, 2.75) is 58.4 Å². The first-order chi connectivity index (χ1) is 8.70. The minimum atomic E-state index is 0.542. The first-order valence-electron chi connectivity index (χ1n) is 7.19. The van der Waals surface area contributed by atoms with Crippen molar-refractivity contribution in [1.29, 1.82) is 0 Å². The van der Waals surface area contributed by atoms with E-state index in [9.17, 15) is 0 Å². The third kappa shape index (κ3) is 3.15. The Hall–Kier alpha value is -1.25. The Bertz CT molecular complexity index is 383. The molecule has 3 heteroatoms. The first kappa shape index (κ1) is 13.2. The molecule has 18 heavy (non-hydrogen) atoms. The molecule has 0 spiro atoms. The summed E-state index contributed by atoms with van der Waals surface area (Å²) in [5, 5.41) is 3.58. The second kappa shape index (κ2) is 6.07. The van der Waals surface area contributed by atoms with Crippen molar-refractivity contribution in [2.75, 3.05) is 11.1 Å². The summed E-state index contributed by atoms with van der Waals surface area (Å²) < 4.78 is 0. The molecule has 1 aromatic rings. The van der Waals surface area contributed by atoms with Crippen LogP contribution in [-0.4, -0.2) is 11.0 Å². The van der Waals surface area contributed by atoms with Gasteiger partial charge in [-0.1, -0.05) is 26.2 Å². The molecular weight excluding hydrogens is 222 g/mol. The maximum Gasteiger partial charge on any atom is 0.128 e. The summed E-state index contributed by atoms with van der Waals surface area (Å²) in [6.07, 6.45) is 9.88. The van der Waals surface area contributed by atoms with E-state index in [-0.39, 0.29) is 0 Å². The molecule has 0 radical (unpaired) electrons. The summed E-state index contributed by atoms with van der Waals surface area (Å²) in [5.41, 5.74) is 7.81. The molecule has 1 fully saturated rings. The van der Waals surface area contributed by atoms with Gasteiger partial charge in [0.15, 0.2) is 0 Å². The maximum atomic E-state index is 5.94. The van der Waals surface area contributed by atoms with Crippen LogP contribution in [0, 0.1) is 12.8 Å². The zero-order valence-electron chi connectivity index (χ0n) is 11.6. The molecule has 1 atom stereocenters. The standard InChI is InChI=1S/C15H25N3/c1-3-14(12-7-5-4-6-8-12)18-15-9-13(16)11(2)10-17-15/h9-10,12,14H,3-8H2,1-2H3,(H3,16,17,18). The Morgan fingerprint density at radius 3 is 2.72 bits per heavy atom. The predicted octanol–water partition coefficient (Wildman–Crippen LogP) is 3.74. The molecule has 3 N–H and O–H groups in total. The van der Waals surface area contributed by atoms with Crippen molar-refractivity contribution in [3.8, 4) is 0 Å². The summed E-state index contributed by atoms with van der Waals surface area (Å²) in [4.78, 5) is 4.43. The number of anilines is 2. The van der Waals surface area contributed by atoms with Crippen LogP contribution in [0.15, 0.2) is 12.3 Å². The van der Waals surface area contributed by atoms with Crippen molar-refractivity contribution >= 4 is 11.5 Å². The number of aryl methyl sites for hydroxylation is 1. The minimum absolute atomic E-state index is 0.542. The SMILES string of the molecule is CCC(Nc1cc(N)c(C)cn1)C1CCCCC1. The van der Waals surface area contributed by atoms with Crippen LogP contribution < -0.4 is 11.1 Å². The number of nitrogen functional groups attached to an aromatic ring is 1. The van der Waals surface area contributed by atoms with Crippen LogP contribution in [0.5, 0.6) is 0 Å². The largest absolute Gasteiger partial charge is 0.398 e. The van der Waals surface area contributed by atoms with E-state index in [0.717, 1.165) is 29.4 Å². The van der Waals surface area contributed by atoms with Crippen LogP contribution in [0.25, 0.3) is 0 Å². The van der Waals surface area contributed by atoms with Gasteiger partial charge in [0.2, 0.25) is 0 Å². The van der Waals surface area contributed by atoms with Gasteiger partial charge in [-0.2, -0.15) is 0 Å². The molecule has 1 unspecified atom stereocenters. The van der Waals surface area contributed by atoms with Gasteiger partial charge in [0.25, 0.3) is 0 Å². The molecule has 0 aliphatic heterocycles. The van der Waals surface area contributed by atoms with Gasteiger partial charge in [-0.15, -0.1) is 0 Å². The highest BCUT2D eigenvalue weighted by atomic mass is 15.0. The predicted molar refractivity (Wildman–Crippen MR) is 77.7 cm³/mol. The molecule has 100 valence electrons. The molecule has 1 heterocycles. The first-order valence-corrected chi connectivity index (χ1v) is 7.19. The average Bonchev–Trinajstić information content (AvgIpc) is 2.41. The van der Waals surface area contributed by atoms with E-state index in [2.05, 4.69) is 17.2 Å². The van der Waals surface area contributed by atoms with E-state index in [1.54, 1.807) is 0 Å². The van der Waals surface area contributed by atoms with Gasteiger partial charge in [-0.3, -0.25) is 0 Å². The highest BCUT2D eigenvalue weighted by Gasteiger charge is 2.22. The topological polar surface area (TPSA) is 50.9 Å². The molecule has 0 bridgehead atoms. The second-order valence-electron chi connectivity index (χ2n) is 5.48. The fourth-order valence-corrected chi connectivity index (χ4v) is 2.90. The van der Waals surface area contributed by atoms with E-state index in [1.165, 1.54) is 32.1 Å². The zero-order chi connectivity index (χ0) is 13.0. The van der Waals surface area contributed by atoms with E-state index >= 15 is 0 Å². The van der Waals surface area contributed by atoms with E-state index in [1.807, 2.05) is 19.2 Å². The van der Waals surface area contributed by atoms with Crippen molar-refractivity contribution in [3.05, 3.63) is 17.8 Å². The molecule has 3 nitrogen and oxygen atoms in total. The van der Waals surface area contributed by atoms with Crippen molar-refractivity contribution < 1.29 is 0 Å². The number of nitrogens with one attached hydrogen (secondary N) is 1. The Balaban J connectivity index is 2.02. The average molecular weight is 247 g/mol. The molecule has 0 saturated heterocycles. The van der Waals surface area contributed by atoms with Gasteiger partial charge in [-0.05, 0) is 37.7 Å². The fourth-order valence-electron chi connectivity index (χ4n) is 2.90. The number of nitrogens with zero attached hydrogens (tertiary/aromatic N) is 1. The van der Waals surface area contributed by atoms with E-state index < -0.39 is 0 Å². The van der Waals surface area contributed by atoms with Crippen LogP contribution in [0.4, 0.5) is 11.5 Å². The van der Waals surface area contributed by atoms with Crippen molar-refractivity contribution in [2.24, 2.45) is 5.92 Å². The van der Waals surface area contributed by atoms with Gasteiger partial charge in [0.1, 0.15) is 5.82 Å². The summed E-state index contributed by atoms with van der Waals surface area (Å²) in [5.74, 6) is 1.73. The molecule has 1 saturated carbocycles. The lowest BCUT2D eigenvalue weighted by molar-refractivity contribution is 0.312. The van der Waals surface area contributed by atoms with Crippen LogP contribution in [0.1, 0.15) is 51.0 Å². The highest BCUT2D eigenvalue weighted by Crippen LogP contribution is 2.29. The zero-order valence-corrected chi connectivity index (χ0v) is 11.6. The lowest BCUT2D eigenvalue weighted by atomic mass is 9.83.